The van der Waals surface area contributed by atoms with E-state index < -0.39 is 89.3 Å². The molecule has 8 atom stereocenters. The molecule has 0 amide bonds. The Morgan fingerprint density at radius 2 is 1.39 bits per heavy atom. The van der Waals surface area contributed by atoms with E-state index in [0.717, 1.165) is 0 Å². The summed E-state index contributed by atoms with van der Waals surface area (Å²) in [7, 11) is 0. The van der Waals surface area contributed by atoms with Crippen LogP contribution in [0.2, 0.25) is 0 Å². The van der Waals surface area contributed by atoms with Crippen LogP contribution in [0, 0.1) is 17.3 Å². The van der Waals surface area contributed by atoms with Crippen LogP contribution in [0.25, 0.3) is 0 Å². The number of carbonyl (C=O) groups is 5. The first-order valence-corrected chi connectivity index (χ1v) is 13.8. The van der Waals surface area contributed by atoms with E-state index in [1.165, 1.54) is 27.7 Å². The molecule has 1 aromatic rings. The SMILES string of the molecule is CC(=O)OC[C@]12[C@@H](OC(=O)c3ccccc3)C[C@@H]3[C@H](OC(C)=O)[C@]1(OC3(C)C)[C@H](C)C[C@H](OC(C)=O)[C@@H]2OC(C)=O. The first-order valence-electron chi connectivity index (χ1n) is 13.8. The molecule has 1 saturated heterocycles. The van der Waals surface area contributed by atoms with Crippen LogP contribution in [0.3, 0.4) is 0 Å². The highest BCUT2D eigenvalue weighted by Gasteiger charge is 2.82. The third-order valence-electron chi connectivity index (χ3n) is 8.72. The first-order chi connectivity index (χ1) is 19.2. The van der Waals surface area contributed by atoms with Crippen LogP contribution < -0.4 is 0 Å². The molecule has 1 heterocycles. The Morgan fingerprint density at radius 3 is 1.95 bits per heavy atom. The van der Waals surface area contributed by atoms with Crippen LogP contribution in [-0.2, 0) is 47.6 Å². The lowest BCUT2D eigenvalue weighted by molar-refractivity contribution is -0.319. The van der Waals surface area contributed by atoms with Gasteiger partial charge in [0.25, 0.3) is 0 Å². The van der Waals surface area contributed by atoms with Crippen LogP contribution >= 0.6 is 0 Å². The third kappa shape index (κ3) is 5.20. The fraction of sp³-hybridized carbons (Fsp3) is 0.633. The van der Waals surface area contributed by atoms with E-state index in [2.05, 4.69) is 0 Å². The van der Waals surface area contributed by atoms with Crippen LogP contribution in [-0.4, -0.2) is 72.1 Å². The Labute approximate surface area is 239 Å². The minimum atomic E-state index is -1.64. The maximum atomic E-state index is 13.5. The number of fused-ring (bicyclic) bond motifs is 1. The normalized spacial score (nSPS) is 34.9. The highest BCUT2D eigenvalue weighted by atomic mass is 16.6. The number of esters is 5. The predicted octanol–water partition coefficient (Wildman–Crippen LogP) is 3.16. The molecule has 1 aliphatic heterocycles. The first kappa shape index (κ1) is 30.5. The van der Waals surface area contributed by atoms with Gasteiger partial charge in [-0.3, -0.25) is 19.2 Å². The number of carbonyl (C=O) groups excluding carboxylic acids is 5. The maximum absolute atomic E-state index is 13.5. The topological polar surface area (TPSA) is 141 Å². The Morgan fingerprint density at radius 1 is 0.805 bits per heavy atom. The van der Waals surface area contributed by atoms with Gasteiger partial charge in [0.05, 0.1) is 11.2 Å². The van der Waals surface area contributed by atoms with Crippen molar-refractivity contribution in [2.75, 3.05) is 6.61 Å². The zero-order chi connectivity index (χ0) is 30.3. The Kier molecular flexibility index (Phi) is 8.23. The summed E-state index contributed by atoms with van der Waals surface area (Å²) >= 11 is 0. The molecule has 2 aliphatic carbocycles. The summed E-state index contributed by atoms with van der Waals surface area (Å²) in [5, 5.41) is 0. The molecule has 2 bridgehead atoms. The molecule has 3 fully saturated rings. The average molecular weight is 575 g/mol. The summed E-state index contributed by atoms with van der Waals surface area (Å²) in [6.07, 6.45) is -3.97. The van der Waals surface area contributed by atoms with Crippen LogP contribution in [0.15, 0.2) is 30.3 Å². The van der Waals surface area contributed by atoms with Gasteiger partial charge in [0.1, 0.15) is 35.9 Å². The number of rotatable bonds is 7. The van der Waals surface area contributed by atoms with Crippen molar-refractivity contribution in [3.63, 3.8) is 0 Å². The lowest BCUT2D eigenvalue weighted by Gasteiger charge is -2.63. The van der Waals surface area contributed by atoms with E-state index in [1.54, 1.807) is 30.3 Å². The lowest BCUT2D eigenvalue weighted by atomic mass is 9.47. The summed E-state index contributed by atoms with van der Waals surface area (Å²) < 4.78 is 36.4. The fourth-order valence-electron chi connectivity index (χ4n) is 7.38. The van der Waals surface area contributed by atoms with Crippen molar-refractivity contribution >= 4 is 29.8 Å². The van der Waals surface area contributed by atoms with Gasteiger partial charge in [-0.05, 0) is 44.7 Å². The molecule has 1 spiro atoms. The highest BCUT2D eigenvalue weighted by Crippen LogP contribution is 2.68. The molecule has 2 saturated carbocycles. The van der Waals surface area contributed by atoms with E-state index in [1.807, 2.05) is 20.8 Å². The molecule has 11 nitrogen and oxygen atoms in total. The average Bonchev–Trinajstić information content (AvgIpc) is 3.03. The van der Waals surface area contributed by atoms with Gasteiger partial charge in [0.15, 0.2) is 6.10 Å². The number of hydrogen-bond donors (Lipinski definition) is 0. The predicted molar refractivity (Wildman–Crippen MR) is 141 cm³/mol. The number of hydrogen-bond acceptors (Lipinski definition) is 11. The zero-order valence-corrected chi connectivity index (χ0v) is 24.5. The second kappa shape index (κ2) is 11.1. The smallest absolute Gasteiger partial charge is 0.338 e. The zero-order valence-electron chi connectivity index (χ0n) is 24.5. The molecular formula is C30H38O11. The minimum Gasteiger partial charge on any atom is -0.465 e. The highest BCUT2D eigenvalue weighted by molar-refractivity contribution is 5.89. The van der Waals surface area contributed by atoms with Crippen LogP contribution in [0.1, 0.15) is 71.7 Å². The van der Waals surface area contributed by atoms with Crippen molar-refractivity contribution in [1.82, 2.24) is 0 Å². The van der Waals surface area contributed by atoms with Crippen molar-refractivity contribution in [3.05, 3.63) is 35.9 Å². The van der Waals surface area contributed by atoms with Crippen molar-refractivity contribution in [1.29, 1.82) is 0 Å². The maximum Gasteiger partial charge on any atom is 0.338 e. The monoisotopic (exact) mass is 574 g/mol. The van der Waals surface area contributed by atoms with Gasteiger partial charge < -0.3 is 28.4 Å². The lowest BCUT2D eigenvalue weighted by Crippen LogP contribution is -2.78. The van der Waals surface area contributed by atoms with Gasteiger partial charge in [-0.2, -0.15) is 0 Å². The molecule has 1 aromatic carbocycles. The van der Waals surface area contributed by atoms with Gasteiger partial charge in [0, 0.05) is 33.6 Å². The van der Waals surface area contributed by atoms with Crippen molar-refractivity contribution in [2.45, 2.75) is 96.9 Å². The van der Waals surface area contributed by atoms with E-state index in [9.17, 15) is 24.0 Å². The van der Waals surface area contributed by atoms with Crippen LogP contribution in [0.5, 0.6) is 0 Å². The molecule has 3 aliphatic rings. The Balaban J connectivity index is 2.01. The molecule has 224 valence electrons. The van der Waals surface area contributed by atoms with Crippen molar-refractivity contribution in [2.24, 2.45) is 17.3 Å². The summed E-state index contributed by atoms with van der Waals surface area (Å²) in [6.45, 7) is 10.1. The second-order valence-corrected chi connectivity index (χ2v) is 11.8. The van der Waals surface area contributed by atoms with E-state index >= 15 is 0 Å². The summed E-state index contributed by atoms with van der Waals surface area (Å²) in [5.74, 6) is -4.13. The molecule has 41 heavy (non-hydrogen) atoms. The van der Waals surface area contributed by atoms with Gasteiger partial charge in [-0.15, -0.1) is 0 Å². The molecule has 0 radical (unpaired) electrons. The van der Waals surface area contributed by atoms with Crippen molar-refractivity contribution < 1.29 is 52.4 Å². The standard InChI is InChI=1S/C30H38O11/c1-16-13-23(37-18(3)32)26(39-20(5)34)29(15-36-17(2)31)24(40-27(35)21-11-9-8-10-12-21)14-22-25(38-19(4)33)30(16,29)41-28(22,6)7/h8-12,16,22-26H,13-15H2,1-7H3/t16-,22-,23+,24+,25+,26+,29-,30-/m1/s1. The van der Waals surface area contributed by atoms with Gasteiger partial charge in [-0.25, -0.2) is 4.79 Å². The third-order valence-corrected chi connectivity index (χ3v) is 8.72. The second-order valence-electron chi connectivity index (χ2n) is 11.8. The molecule has 0 unspecified atom stereocenters. The van der Waals surface area contributed by atoms with E-state index in [4.69, 9.17) is 28.4 Å². The Hall–Kier alpha value is -3.47. The number of benzene rings is 1. The number of ether oxygens (including phenoxy) is 6. The summed E-state index contributed by atoms with van der Waals surface area (Å²) in [5.41, 5.74) is -3.74. The molecule has 0 aromatic heterocycles. The molecular weight excluding hydrogens is 536 g/mol. The van der Waals surface area contributed by atoms with E-state index in [-0.39, 0.29) is 18.4 Å². The van der Waals surface area contributed by atoms with Gasteiger partial charge in [-0.1, -0.05) is 25.1 Å². The minimum absolute atomic E-state index is 0.115. The molecule has 11 heteroatoms. The van der Waals surface area contributed by atoms with Gasteiger partial charge in [0.2, 0.25) is 0 Å². The fourth-order valence-corrected chi connectivity index (χ4v) is 7.38. The molecule has 4 rings (SSSR count). The molecule has 0 N–H and O–H groups in total. The van der Waals surface area contributed by atoms with Gasteiger partial charge >= 0.3 is 29.8 Å². The van der Waals surface area contributed by atoms with E-state index in [0.29, 0.717) is 0 Å². The summed E-state index contributed by atoms with van der Waals surface area (Å²) in [6, 6.07) is 8.36. The van der Waals surface area contributed by atoms with Crippen LogP contribution in [0.4, 0.5) is 0 Å². The largest absolute Gasteiger partial charge is 0.465 e. The Bertz CT molecular complexity index is 1210. The van der Waals surface area contributed by atoms with Crippen molar-refractivity contribution in [3.8, 4) is 0 Å². The quantitative estimate of drug-likeness (QED) is 0.350. The summed E-state index contributed by atoms with van der Waals surface area (Å²) in [4.78, 5) is 63.2.